The number of nitrogens with zero attached hydrogens (tertiary/aromatic N) is 1. The molecule has 1 aliphatic carbocycles. The van der Waals surface area contributed by atoms with Crippen molar-refractivity contribution in [3.05, 3.63) is 41.4 Å². The summed E-state index contributed by atoms with van der Waals surface area (Å²) in [6, 6.07) is 11.9. The molecule has 0 unspecified atom stereocenters. The number of fused-ring (bicyclic) bond motifs is 2. The van der Waals surface area contributed by atoms with Crippen LogP contribution >= 0.6 is 11.6 Å². The van der Waals surface area contributed by atoms with Crippen LogP contribution < -0.4 is 15.4 Å². The summed E-state index contributed by atoms with van der Waals surface area (Å²) in [6.45, 7) is 3.11. The molecule has 0 radical (unpaired) electrons. The average molecular weight is 412 g/mol. The standard InChI is InChI=1S/C24H30ClN3O/c1-29-19-9-11-22-21(15-19)24(20-10-8-18(25)14-23(20)28-22)27-13-5-12-26-16-17-6-3-2-4-7-17/h8-11,14-15,17,26H,2-7,12-13,16H2,1H3,(H,27,28). The highest BCUT2D eigenvalue weighted by atomic mass is 35.5. The molecule has 29 heavy (non-hydrogen) atoms. The van der Waals surface area contributed by atoms with Crippen LogP contribution in [0.4, 0.5) is 5.69 Å². The molecular weight excluding hydrogens is 382 g/mol. The molecule has 2 N–H and O–H groups in total. The van der Waals surface area contributed by atoms with Crippen LogP contribution in [0, 0.1) is 5.92 Å². The van der Waals surface area contributed by atoms with Crippen molar-refractivity contribution in [1.29, 1.82) is 0 Å². The fourth-order valence-electron chi connectivity index (χ4n) is 4.34. The molecular formula is C24H30ClN3O. The van der Waals surface area contributed by atoms with E-state index < -0.39 is 0 Å². The molecule has 0 amide bonds. The average Bonchev–Trinajstić information content (AvgIpc) is 2.75. The maximum absolute atomic E-state index is 6.21. The highest BCUT2D eigenvalue weighted by Gasteiger charge is 2.13. The number of ether oxygens (including phenoxy) is 1. The normalized spacial score (nSPS) is 15.1. The third-order valence-corrected chi connectivity index (χ3v) is 6.17. The number of methoxy groups -OCH3 is 1. The van der Waals surface area contributed by atoms with Gasteiger partial charge in [0.2, 0.25) is 0 Å². The minimum atomic E-state index is 0.704. The van der Waals surface area contributed by atoms with Crippen molar-refractivity contribution in [3.8, 4) is 5.75 Å². The van der Waals surface area contributed by atoms with Crippen LogP contribution in [0.3, 0.4) is 0 Å². The summed E-state index contributed by atoms with van der Waals surface area (Å²) >= 11 is 6.21. The Hall–Kier alpha value is -2.04. The summed E-state index contributed by atoms with van der Waals surface area (Å²) in [5, 5.41) is 10.2. The van der Waals surface area contributed by atoms with Gasteiger partial charge in [-0.3, -0.25) is 0 Å². The van der Waals surface area contributed by atoms with Gasteiger partial charge in [0.25, 0.3) is 0 Å². The van der Waals surface area contributed by atoms with E-state index in [-0.39, 0.29) is 0 Å². The number of benzene rings is 2. The molecule has 5 heteroatoms. The first-order valence-electron chi connectivity index (χ1n) is 10.8. The van der Waals surface area contributed by atoms with Crippen LogP contribution in [0.1, 0.15) is 38.5 Å². The van der Waals surface area contributed by atoms with E-state index in [1.54, 1.807) is 7.11 Å². The lowest BCUT2D eigenvalue weighted by Crippen LogP contribution is -2.26. The molecule has 0 spiro atoms. The molecule has 0 bridgehead atoms. The Kier molecular flexibility index (Phi) is 6.73. The molecule has 154 valence electrons. The van der Waals surface area contributed by atoms with Gasteiger partial charge in [-0.1, -0.05) is 30.9 Å². The lowest BCUT2D eigenvalue weighted by atomic mass is 9.89. The van der Waals surface area contributed by atoms with Crippen molar-refractivity contribution in [2.45, 2.75) is 38.5 Å². The van der Waals surface area contributed by atoms with E-state index >= 15 is 0 Å². The van der Waals surface area contributed by atoms with E-state index in [0.29, 0.717) is 5.02 Å². The topological polar surface area (TPSA) is 46.2 Å². The third-order valence-electron chi connectivity index (χ3n) is 5.93. The molecule has 1 fully saturated rings. The zero-order valence-electron chi connectivity index (χ0n) is 17.1. The van der Waals surface area contributed by atoms with E-state index in [9.17, 15) is 0 Å². The second-order valence-electron chi connectivity index (χ2n) is 8.02. The lowest BCUT2D eigenvalue weighted by Gasteiger charge is -2.21. The third kappa shape index (κ3) is 4.93. The molecule has 1 aromatic heterocycles. The van der Waals surface area contributed by atoms with Crippen LogP contribution in [0.25, 0.3) is 21.8 Å². The number of anilines is 1. The van der Waals surface area contributed by atoms with Crippen molar-refractivity contribution in [3.63, 3.8) is 0 Å². The number of halogens is 1. The highest BCUT2D eigenvalue weighted by molar-refractivity contribution is 6.31. The van der Waals surface area contributed by atoms with E-state index in [1.165, 1.54) is 32.1 Å². The van der Waals surface area contributed by atoms with Crippen molar-refractivity contribution >= 4 is 39.1 Å². The van der Waals surface area contributed by atoms with Crippen LogP contribution in [-0.4, -0.2) is 31.7 Å². The smallest absolute Gasteiger partial charge is 0.119 e. The first-order valence-corrected chi connectivity index (χ1v) is 11.1. The van der Waals surface area contributed by atoms with Crippen LogP contribution in [0.15, 0.2) is 36.4 Å². The molecule has 0 aliphatic heterocycles. The Morgan fingerprint density at radius 2 is 1.86 bits per heavy atom. The molecule has 3 aromatic rings. The molecule has 1 aliphatic rings. The molecule has 4 nitrogen and oxygen atoms in total. The predicted octanol–water partition coefficient (Wildman–Crippen LogP) is 6.02. The quantitative estimate of drug-likeness (QED) is 0.351. The highest BCUT2D eigenvalue weighted by Crippen LogP contribution is 2.34. The summed E-state index contributed by atoms with van der Waals surface area (Å²) in [7, 11) is 1.69. The monoisotopic (exact) mass is 411 g/mol. The number of pyridine rings is 1. The van der Waals surface area contributed by atoms with Gasteiger partial charge in [-0.25, -0.2) is 4.98 Å². The lowest BCUT2D eigenvalue weighted by molar-refractivity contribution is 0.342. The molecule has 0 atom stereocenters. The van der Waals surface area contributed by atoms with Gasteiger partial charge in [-0.05, 0) is 74.7 Å². The zero-order chi connectivity index (χ0) is 20.1. The van der Waals surface area contributed by atoms with Crippen LogP contribution in [-0.2, 0) is 0 Å². The van der Waals surface area contributed by atoms with Gasteiger partial charge in [0.1, 0.15) is 5.75 Å². The second-order valence-corrected chi connectivity index (χ2v) is 8.46. The Morgan fingerprint density at radius 1 is 1.00 bits per heavy atom. The Balaban J connectivity index is 1.45. The SMILES string of the molecule is COc1ccc2nc3cc(Cl)ccc3c(NCCCNCC3CCCCC3)c2c1. The van der Waals surface area contributed by atoms with Crippen molar-refractivity contribution < 1.29 is 4.74 Å². The second kappa shape index (κ2) is 9.64. The fourth-order valence-corrected chi connectivity index (χ4v) is 4.50. The molecule has 2 aromatic carbocycles. The van der Waals surface area contributed by atoms with Gasteiger partial charge < -0.3 is 15.4 Å². The van der Waals surface area contributed by atoms with Gasteiger partial charge in [0.05, 0.1) is 23.8 Å². The summed E-state index contributed by atoms with van der Waals surface area (Å²) < 4.78 is 5.44. The summed E-state index contributed by atoms with van der Waals surface area (Å²) in [5.74, 6) is 1.71. The largest absolute Gasteiger partial charge is 0.497 e. The fraction of sp³-hybridized carbons (Fsp3) is 0.458. The number of nitrogens with one attached hydrogen (secondary N) is 2. The van der Waals surface area contributed by atoms with Gasteiger partial charge in [0.15, 0.2) is 0 Å². The predicted molar refractivity (Wildman–Crippen MR) is 123 cm³/mol. The maximum atomic E-state index is 6.21. The summed E-state index contributed by atoms with van der Waals surface area (Å²) in [6.07, 6.45) is 8.10. The summed E-state index contributed by atoms with van der Waals surface area (Å²) in [4.78, 5) is 4.79. The maximum Gasteiger partial charge on any atom is 0.119 e. The van der Waals surface area contributed by atoms with E-state index in [1.807, 2.05) is 30.3 Å². The Bertz CT molecular complexity index is 969. The van der Waals surface area contributed by atoms with E-state index in [2.05, 4.69) is 16.7 Å². The van der Waals surface area contributed by atoms with Gasteiger partial charge in [-0.15, -0.1) is 0 Å². The minimum absolute atomic E-state index is 0.704. The van der Waals surface area contributed by atoms with Gasteiger partial charge in [0, 0.05) is 22.3 Å². The van der Waals surface area contributed by atoms with Crippen molar-refractivity contribution in [2.24, 2.45) is 5.92 Å². The van der Waals surface area contributed by atoms with Gasteiger partial charge in [-0.2, -0.15) is 0 Å². The van der Waals surface area contributed by atoms with Crippen LogP contribution in [0.2, 0.25) is 5.02 Å². The van der Waals surface area contributed by atoms with Gasteiger partial charge >= 0.3 is 0 Å². The number of rotatable bonds is 8. The Morgan fingerprint density at radius 3 is 2.69 bits per heavy atom. The number of aromatic nitrogens is 1. The first-order chi connectivity index (χ1) is 14.2. The molecule has 1 saturated carbocycles. The molecule has 4 rings (SSSR count). The zero-order valence-corrected chi connectivity index (χ0v) is 17.9. The van der Waals surface area contributed by atoms with E-state index in [0.717, 1.165) is 65.2 Å². The van der Waals surface area contributed by atoms with Crippen LogP contribution in [0.5, 0.6) is 5.75 Å². The van der Waals surface area contributed by atoms with Crippen molar-refractivity contribution in [1.82, 2.24) is 10.3 Å². The first kappa shape index (κ1) is 20.2. The Labute approximate surface area is 178 Å². The number of hydrogen-bond donors (Lipinski definition) is 2. The summed E-state index contributed by atoms with van der Waals surface area (Å²) in [5.41, 5.74) is 2.96. The van der Waals surface area contributed by atoms with E-state index in [4.69, 9.17) is 21.3 Å². The van der Waals surface area contributed by atoms with Crippen molar-refractivity contribution in [2.75, 3.05) is 32.1 Å². The molecule has 0 saturated heterocycles. The minimum Gasteiger partial charge on any atom is -0.497 e. The number of hydrogen-bond acceptors (Lipinski definition) is 4. The molecule has 1 heterocycles.